The number of nitrogens with zero attached hydrogens (tertiary/aromatic N) is 6. The molecule has 4 aromatic rings. The molecule has 1 atom stereocenters. The molecule has 0 aliphatic carbocycles. The summed E-state index contributed by atoms with van der Waals surface area (Å²) in [6, 6.07) is 8.92. The molecule has 1 aliphatic heterocycles. The molecule has 0 bridgehead atoms. The monoisotopic (exact) mass is 414 g/mol. The van der Waals surface area contributed by atoms with Crippen molar-refractivity contribution in [1.29, 1.82) is 0 Å². The highest BCUT2D eigenvalue weighted by Crippen LogP contribution is 2.31. The number of para-hydroxylation sites is 2. The first-order chi connectivity index (χ1) is 14.1. The molecule has 0 amide bonds. The van der Waals surface area contributed by atoms with Gasteiger partial charge >= 0.3 is 6.55 Å². The molecule has 1 saturated heterocycles. The van der Waals surface area contributed by atoms with Gasteiger partial charge in [-0.1, -0.05) is 12.1 Å². The predicted octanol–water partition coefficient (Wildman–Crippen LogP) is 4.32. The van der Waals surface area contributed by atoms with Crippen LogP contribution in [0.4, 0.5) is 14.6 Å². The van der Waals surface area contributed by atoms with Crippen molar-refractivity contribution >= 4 is 38.4 Å². The van der Waals surface area contributed by atoms with Gasteiger partial charge in [-0.3, -0.25) is 9.47 Å². The third kappa shape index (κ3) is 3.14. The van der Waals surface area contributed by atoms with Crippen LogP contribution in [0.25, 0.3) is 21.3 Å². The summed E-state index contributed by atoms with van der Waals surface area (Å²) in [4.78, 5) is 18.8. The lowest BCUT2D eigenvalue weighted by molar-refractivity contribution is 0.0641. The summed E-state index contributed by atoms with van der Waals surface area (Å²) < 4.78 is 28.7. The molecular weight excluding hydrogens is 394 g/mol. The van der Waals surface area contributed by atoms with E-state index >= 15 is 0 Å². The number of thiophene rings is 1. The number of hydrogen-bond donors (Lipinski definition) is 0. The standard InChI is InChI=1S/C20H20F2N6S/c1-13(17-25-15-4-2-3-5-16(15)28(17)20(21)22)26-7-9-27(10-8-26)18-14-6-11-29-19(14)24-12-23-18/h2-6,11-13,20H,7-10H2,1H3. The Morgan fingerprint density at radius 1 is 1.03 bits per heavy atom. The molecule has 1 unspecified atom stereocenters. The highest BCUT2D eigenvalue weighted by Gasteiger charge is 2.29. The van der Waals surface area contributed by atoms with E-state index in [9.17, 15) is 8.78 Å². The number of hydrogen-bond acceptors (Lipinski definition) is 6. The average molecular weight is 414 g/mol. The number of imidazole rings is 1. The van der Waals surface area contributed by atoms with E-state index in [1.54, 1.807) is 35.9 Å². The second-order valence-electron chi connectivity index (χ2n) is 7.14. The summed E-state index contributed by atoms with van der Waals surface area (Å²) in [7, 11) is 0. The van der Waals surface area contributed by atoms with Gasteiger partial charge < -0.3 is 4.90 Å². The summed E-state index contributed by atoms with van der Waals surface area (Å²) >= 11 is 1.60. The van der Waals surface area contributed by atoms with E-state index in [-0.39, 0.29) is 6.04 Å². The fourth-order valence-corrected chi connectivity index (χ4v) is 4.80. The number of aromatic nitrogens is 4. The van der Waals surface area contributed by atoms with E-state index in [0.717, 1.165) is 46.8 Å². The van der Waals surface area contributed by atoms with E-state index in [1.807, 2.05) is 18.4 Å². The number of benzene rings is 1. The summed E-state index contributed by atoms with van der Waals surface area (Å²) in [6.45, 7) is 2.40. The second-order valence-corrected chi connectivity index (χ2v) is 8.04. The topological polar surface area (TPSA) is 50.1 Å². The van der Waals surface area contributed by atoms with Gasteiger partial charge in [0, 0.05) is 26.2 Å². The molecule has 9 heteroatoms. The fourth-order valence-electron chi connectivity index (χ4n) is 4.08. The SMILES string of the molecule is CC(c1nc2ccccc2n1C(F)F)N1CCN(c2ncnc3sccc23)CC1. The van der Waals surface area contributed by atoms with Crippen LogP contribution in [-0.4, -0.2) is 50.6 Å². The summed E-state index contributed by atoms with van der Waals surface area (Å²) in [5, 5.41) is 3.09. The first kappa shape index (κ1) is 18.4. The molecule has 5 rings (SSSR count). The molecule has 29 heavy (non-hydrogen) atoms. The van der Waals surface area contributed by atoms with Gasteiger partial charge in [-0.2, -0.15) is 8.78 Å². The molecule has 4 heterocycles. The van der Waals surface area contributed by atoms with Crippen molar-refractivity contribution in [2.75, 3.05) is 31.1 Å². The van der Waals surface area contributed by atoms with E-state index in [4.69, 9.17) is 0 Å². The number of fused-ring (bicyclic) bond motifs is 2. The fraction of sp³-hybridized carbons (Fsp3) is 0.350. The van der Waals surface area contributed by atoms with Crippen LogP contribution in [0.1, 0.15) is 25.3 Å². The van der Waals surface area contributed by atoms with Crippen molar-refractivity contribution in [3.63, 3.8) is 0 Å². The van der Waals surface area contributed by atoms with Gasteiger partial charge in [-0.05, 0) is 30.5 Å². The normalized spacial score (nSPS) is 16.9. The van der Waals surface area contributed by atoms with Crippen molar-refractivity contribution in [2.45, 2.75) is 19.5 Å². The zero-order valence-electron chi connectivity index (χ0n) is 15.9. The Bertz CT molecular complexity index is 1150. The quantitative estimate of drug-likeness (QED) is 0.498. The molecule has 0 radical (unpaired) electrons. The molecule has 1 fully saturated rings. The van der Waals surface area contributed by atoms with E-state index in [1.165, 1.54) is 0 Å². The summed E-state index contributed by atoms with van der Waals surface area (Å²) in [5.41, 5.74) is 1.08. The van der Waals surface area contributed by atoms with Crippen LogP contribution < -0.4 is 4.90 Å². The van der Waals surface area contributed by atoms with Gasteiger partial charge in [0.05, 0.1) is 22.5 Å². The van der Waals surface area contributed by atoms with Gasteiger partial charge in [-0.25, -0.2) is 15.0 Å². The Kier molecular flexibility index (Phi) is 4.63. The van der Waals surface area contributed by atoms with Crippen LogP contribution >= 0.6 is 11.3 Å². The zero-order valence-corrected chi connectivity index (χ0v) is 16.7. The molecule has 1 aromatic carbocycles. The zero-order chi connectivity index (χ0) is 20.0. The molecule has 6 nitrogen and oxygen atoms in total. The van der Waals surface area contributed by atoms with Crippen molar-refractivity contribution in [1.82, 2.24) is 24.4 Å². The molecular formula is C20H20F2N6S. The van der Waals surface area contributed by atoms with Gasteiger partial charge in [0.25, 0.3) is 0 Å². The maximum atomic E-state index is 13.8. The molecule has 1 aliphatic rings. The molecule has 3 aromatic heterocycles. The van der Waals surface area contributed by atoms with Crippen molar-refractivity contribution < 1.29 is 8.78 Å². The maximum Gasteiger partial charge on any atom is 0.320 e. The van der Waals surface area contributed by atoms with Gasteiger partial charge in [0.1, 0.15) is 22.8 Å². The third-order valence-corrected chi connectivity index (χ3v) is 6.41. The number of halogens is 2. The second kappa shape index (κ2) is 7.31. The first-order valence-electron chi connectivity index (χ1n) is 9.55. The minimum atomic E-state index is -2.62. The smallest absolute Gasteiger partial charge is 0.320 e. The van der Waals surface area contributed by atoms with Crippen LogP contribution in [0, 0.1) is 0 Å². The Morgan fingerprint density at radius 2 is 1.83 bits per heavy atom. The van der Waals surface area contributed by atoms with Crippen molar-refractivity contribution in [2.24, 2.45) is 0 Å². The number of rotatable bonds is 4. The lowest BCUT2D eigenvalue weighted by Crippen LogP contribution is -2.47. The highest BCUT2D eigenvalue weighted by atomic mass is 32.1. The maximum absolute atomic E-state index is 13.8. The number of piperazine rings is 1. The van der Waals surface area contributed by atoms with Crippen LogP contribution in [0.2, 0.25) is 0 Å². The molecule has 0 spiro atoms. The summed E-state index contributed by atoms with van der Waals surface area (Å²) in [5.74, 6) is 1.36. The third-order valence-electron chi connectivity index (χ3n) is 5.59. The van der Waals surface area contributed by atoms with Crippen molar-refractivity contribution in [3.05, 3.63) is 47.9 Å². The van der Waals surface area contributed by atoms with Gasteiger partial charge in [0.2, 0.25) is 0 Å². The van der Waals surface area contributed by atoms with Crippen LogP contribution in [-0.2, 0) is 0 Å². The van der Waals surface area contributed by atoms with Crippen molar-refractivity contribution in [3.8, 4) is 0 Å². The Hall–Kier alpha value is -2.65. The lowest BCUT2D eigenvalue weighted by Gasteiger charge is -2.38. The van der Waals surface area contributed by atoms with E-state index in [2.05, 4.69) is 30.8 Å². The van der Waals surface area contributed by atoms with Crippen LogP contribution in [0.3, 0.4) is 0 Å². The Balaban J connectivity index is 1.38. The largest absolute Gasteiger partial charge is 0.353 e. The minimum Gasteiger partial charge on any atom is -0.353 e. The Labute approximate surface area is 170 Å². The molecule has 0 N–H and O–H groups in total. The van der Waals surface area contributed by atoms with Crippen LogP contribution in [0.15, 0.2) is 42.0 Å². The minimum absolute atomic E-state index is 0.204. The Morgan fingerprint density at radius 3 is 2.62 bits per heavy atom. The average Bonchev–Trinajstić information content (AvgIpc) is 3.37. The summed E-state index contributed by atoms with van der Waals surface area (Å²) in [6.07, 6.45) is 1.61. The first-order valence-corrected chi connectivity index (χ1v) is 10.4. The van der Waals surface area contributed by atoms with Gasteiger partial charge in [0.15, 0.2) is 0 Å². The van der Waals surface area contributed by atoms with Crippen LogP contribution in [0.5, 0.6) is 0 Å². The number of anilines is 1. The van der Waals surface area contributed by atoms with E-state index in [0.29, 0.717) is 16.9 Å². The number of alkyl halides is 2. The predicted molar refractivity (Wildman–Crippen MR) is 111 cm³/mol. The highest BCUT2D eigenvalue weighted by molar-refractivity contribution is 7.16. The van der Waals surface area contributed by atoms with Gasteiger partial charge in [-0.15, -0.1) is 11.3 Å². The lowest BCUT2D eigenvalue weighted by atomic mass is 10.2. The molecule has 150 valence electrons. The molecule has 0 saturated carbocycles. The van der Waals surface area contributed by atoms with E-state index < -0.39 is 6.55 Å².